The van der Waals surface area contributed by atoms with Crippen LogP contribution in [0.5, 0.6) is 0 Å². The van der Waals surface area contributed by atoms with E-state index in [0.717, 1.165) is 7.11 Å². The average Bonchev–Trinajstić information content (AvgIpc) is 2.93. The highest BCUT2D eigenvalue weighted by Gasteiger charge is 2.18. The van der Waals surface area contributed by atoms with Gasteiger partial charge in [-0.2, -0.15) is 0 Å². The summed E-state index contributed by atoms with van der Waals surface area (Å²) in [6.45, 7) is 0. The van der Waals surface area contributed by atoms with E-state index in [2.05, 4.69) is 14.7 Å². The first kappa shape index (κ1) is 13.8. The predicted molar refractivity (Wildman–Crippen MR) is 68.7 cm³/mol. The molecule has 20 heavy (non-hydrogen) atoms. The van der Waals surface area contributed by atoms with E-state index in [-0.39, 0.29) is 10.6 Å². The summed E-state index contributed by atoms with van der Waals surface area (Å²) in [6, 6.07) is 1.66. The topological polar surface area (TPSA) is 113 Å². The number of aromatic amines is 1. The number of carbonyl (C=O) groups excluding carboxylic acids is 3. The molecule has 8 nitrogen and oxygen atoms in total. The van der Waals surface area contributed by atoms with Gasteiger partial charge in [0, 0.05) is 17.8 Å². The van der Waals surface area contributed by atoms with Gasteiger partial charge in [-0.1, -0.05) is 11.6 Å². The van der Waals surface area contributed by atoms with Crippen LogP contribution < -0.4 is 10.9 Å². The number of esters is 1. The Labute approximate surface area is 117 Å². The number of aromatic nitrogens is 2. The van der Waals surface area contributed by atoms with E-state index >= 15 is 0 Å². The number of amides is 2. The molecule has 2 amide bonds. The van der Waals surface area contributed by atoms with Crippen LogP contribution in [0.2, 0.25) is 5.02 Å². The Bertz CT molecular complexity index is 697. The molecule has 0 radical (unpaired) electrons. The van der Waals surface area contributed by atoms with Gasteiger partial charge in [0.25, 0.3) is 5.91 Å². The number of halogens is 1. The van der Waals surface area contributed by atoms with Crippen LogP contribution in [-0.2, 0) is 14.3 Å². The molecular weight excluding hydrogens is 288 g/mol. The van der Waals surface area contributed by atoms with E-state index in [1.165, 1.54) is 6.20 Å². The Kier molecular flexibility index (Phi) is 3.85. The minimum atomic E-state index is -1.13. The Morgan fingerprint density at radius 3 is 2.80 bits per heavy atom. The monoisotopic (exact) mass is 296 g/mol. The van der Waals surface area contributed by atoms with Crippen LogP contribution in [-0.4, -0.2) is 34.9 Å². The maximum absolute atomic E-state index is 11.8. The molecule has 0 saturated carbocycles. The fourth-order valence-corrected chi connectivity index (χ4v) is 1.75. The summed E-state index contributed by atoms with van der Waals surface area (Å²) in [7, 11) is 1.05. The second kappa shape index (κ2) is 5.57. The Morgan fingerprint density at radius 2 is 2.10 bits per heavy atom. The van der Waals surface area contributed by atoms with E-state index in [1.807, 2.05) is 10.9 Å². The molecule has 0 unspecified atom stereocenters. The minimum Gasteiger partial charge on any atom is -0.462 e. The van der Waals surface area contributed by atoms with E-state index in [0.29, 0.717) is 11.0 Å². The SMILES string of the molecule is COC(=O)C(=O)NNC(=O)c1cnc2[nH]ccc2c1Cl. The van der Waals surface area contributed by atoms with Gasteiger partial charge in [-0.05, 0) is 6.07 Å². The van der Waals surface area contributed by atoms with E-state index in [9.17, 15) is 14.4 Å². The lowest BCUT2D eigenvalue weighted by atomic mass is 10.2. The third-order valence-electron chi connectivity index (χ3n) is 2.43. The van der Waals surface area contributed by atoms with Crippen LogP contribution in [0.25, 0.3) is 11.0 Å². The number of methoxy groups -OCH3 is 1. The average molecular weight is 297 g/mol. The van der Waals surface area contributed by atoms with Crippen molar-refractivity contribution < 1.29 is 19.1 Å². The van der Waals surface area contributed by atoms with E-state index in [4.69, 9.17) is 11.6 Å². The highest BCUT2D eigenvalue weighted by Crippen LogP contribution is 2.24. The molecule has 0 saturated heterocycles. The first-order valence-corrected chi connectivity index (χ1v) is 5.72. The van der Waals surface area contributed by atoms with Crippen LogP contribution in [0.1, 0.15) is 10.4 Å². The standard InChI is InChI=1S/C11H9ClN4O4/c1-20-11(19)10(18)16-15-9(17)6-4-14-8-5(7(6)12)2-3-13-8/h2-4H,1H3,(H,13,14)(H,15,17)(H,16,18). The summed E-state index contributed by atoms with van der Waals surface area (Å²) in [4.78, 5) is 40.6. The lowest BCUT2D eigenvalue weighted by Gasteiger charge is -2.07. The normalized spacial score (nSPS) is 10.1. The molecule has 0 bridgehead atoms. The number of hydrogen-bond acceptors (Lipinski definition) is 5. The molecule has 0 aliphatic heterocycles. The van der Waals surface area contributed by atoms with Crippen molar-refractivity contribution in [2.24, 2.45) is 0 Å². The molecule has 2 aromatic rings. The molecule has 0 aromatic carbocycles. The first-order chi connectivity index (χ1) is 9.54. The zero-order valence-electron chi connectivity index (χ0n) is 10.2. The molecule has 0 atom stereocenters. The van der Waals surface area contributed by atoms with Crippen LogP contribution in [0.3, 0.4) is 0 Å². The largest absolute Gasteiger partial charge is 0.462 e. The Hall–Kier alpha value is -2.61. The zero-order chi connectivity index (χ0) is 14.7. The smallest absolute Gasteiger partial charge is 0.398 e. The highest BCUT2D eigenvalue weighted by molar-refractivity contribution is 6.38. The molecule has 2 aromatic heterocycles. The van der Waals surface area contributed by atoms with Gasteiger partial charge >= 0.3 is 11.9 Å². The van der Waals surface area contributed by atoms with Gasteiger partial charge < -0.3 is 9.72 Å². The van der Waals surface area contributed by atoms with Crippen molar-refractivity contribution in [1.82, 2.24) is 20.8 Å². The number of fused-ring (bicyclic) bond motifs is 1. The van der Waals surface area contributed by atoms with Crippen molar-refractivity contribution >= 4 is 40.4 Å². The lowest BCUT2D eigenvalue weighted by molar-refractivity contribution is -0.153. The molecule has 0 aliphatic rings. The third-order valence-corrected chi connectivity index (χ3v) is 2.83. The van der Waals surface area contributed by atoms with E-state index < -0.39 is 17.8 Å². The van der Waals surface area contributed by atoms with Crippen molar-refractivity contribution in [1.29, 1.82) is 0 Å². The van der Waals surface area contributed by atoms with Gasteiger partial charge in [-0.3, -0.25) is 20.4 Å². The van der Waals surface area contributed by atoms with Gasteiger partial charge in [0.2, 0.25) is 0 Å². The number of nitrogens with one attached hydrogen (secondary N) is 3. The molecule has 2 rings (SSSR count). The van der Waals surface area contributed by atoms with Crippen molar-refractivity contribution in [3.8, 4) is 0 Å². The van der Waals surface area contributed by atoms with Crippen LogP contribution in [0.15, 0.2) is 18.5 Å². The van der Waals surface area contributed by atoms with E-state index in [1.54, 1.807) is 12.3 Å². The van der Waals surface area contributed by atoms with Crippen molar-refractivity contribution in [3.05, 3.63) is 29.0 Å². The highest BCUT2D eigenvalue weighted by atomic mass is 35.5. The summed E-state index contributed by atoms with van der Waals surface area (Å²) in [6.07, 6.45) is 2.88. The lowest BCUT2D eigenvalue weighted by Crippen LogP contribution is -2.45. The van der Waals surface area contributed by atoms with Crippen LogP contribution >= 0.6 is 11.6 Å². The van der Waals surface area contributed by atoms with Gasteiger partial charge in [0.05, 0.1) is 17.7 Å². The summed E-state index contributed by atoms with van der Waals surface area (Å²) < 4.78 is 4.18. The van der Waals surface area contributed by atoms with Crippen molar-refractivity contribution in [3.63, 3.8) is 0 Å². The molecule has 9 heteroatoms. The number of nitrogens with zero attached hydrogens (tertiary/aromatic N) is 1. The molecule has 104 valence electrons. The Morgan fingerprint density at radius 1 is 1.35 bits per heavy atom. The first-order valence-electron chi connectivity index (χ1n) is 5.34. The van der Waals surface area contributed by atoms with Crippen LogP contribution in [0.4, 0.5) is 0 Å². The number of rotatable bonds is 1. The predicted octanol–water partition coefficient (Wildman–Crippen LogP) is 0.150. The fourth-order valence-electron chi connectivity index (χ4n) is 1.46. The van der Waals surface area contributed by atoms with Crippen molar-refractivity contribution in [2.45, 2.75) is 0 Å². The quantitative estimate of drug-likeness (QED) is 0.394. The summed E-state index contributed by atoms with van der Waals surface area (Å²) in [5.41, 5.74) is 4.52. The Balaban J connectivity index is 2.13. The number of hydrazine groups is 1. The summed E-state index contributed by atoms with van der Waals surface area (Å²) in [5.74, 6) is -2.94. The second-order valence-electron chi connectivity index (χ2n) is 3.63. The third kappa shape index (κ3) is 2.54. The minimum absolute atomic E-state index is 0.0592. The van der Waals surface area contributed by atoms with Gasteiger partial charge in [0.1, 0.15) is 5.65 Å². The fraction of sp³-hybridized carbons (Fsp3) is 0.0909. The number of carbonyl (C=O) groups is 3. The number of hydrogen-bond donors (Lipinski definition) is 3. The second-order valence-corrected chi connectivity index (χ2v) is 4.00. The van der Waals surface area contributed by atoms with Crippen molar-refractivity contribution in [2.75, 3.05) is 7.11 Å². The molecule has 0 spiro atoms. The molecule has 3 N–H and O–H groups in total. The molecule has 0 fully saturated rings. The maximum Gasteiger partial charge on any atom is 0.398 e. The maximum atomic E-state index is 11.8. The molecule has 2 heterocycles. The number of H-pyrrole nitrogens is 1. The number of pyridine rings is 1. The molecular formula is C11H9ClN4O4. The zero-order valence-corrected chi connectivity index (χ0v) is 10.9. The van der Waals surface area contributed by atoms with Gasteiger partial charge in [-0.25, -0.2) is 9.78 Å². The van der Waals surface area contributed by atoms with Gasteiger partial charge in [0.15, 0.2) is 0 Å². The number of ether oxygens (including phenoxy) is 1. The summed E-state index contributed by atoms with van der Waals surface area (Å²) >= 11 is 6.06. The van der Waals surface area contributed by atoms with Crippen LogP contribution in [0, 0.1) is 0 Å². The van der Waals surface area contributed by atoms with Gasteiger partial charge in [-0.15, -0.1) is 0 Å². The molecule has 0 aliphatic carbocycles. The summed E-state index contributed by atoms with van der Waals surface area (Å²) in [5, 5.41) is 0.750.